The average Bonchev–Trinajstić information content (AvgIpc) is 2.40. The van der Waals surface area contributed by atoms with Crippen molar-refractivity contribution < 1.29 is 0 Å². The largest absolute Gasteiger partial charge is 0.357 e. The van der Waals surface area contributed by atoms with E-state index in [-0.39, 0.29) is 5.41 Å². The Labute approximate surface area is 97.9 Å². The maximum Gasteiger partial charge on any atom is 0.142 e. The third kappa shape index (κ3) is 1.64. The molecule has 16 heavy (non-hydrogen) atoms. The second-order valence-electron chi connectivity index (χ2n) is 5.46. The summed E-state index contributed by atoms with van der Waals surface area (Å²) in [6, 6.07) is 2.07. The molecule has 0 aromatic carbocycles. The minimum Gasteiger partial charge on any atom is -0.357 e. The van der Waals surface area contributed by atoms with Crippen molar-refractivity contribution in [2.75, 3.05) is 0 Å². The summed E-state index contributed by atoms with van der Waals surface area (Å²) in [6.07, 6.45) is 0. The van der Waals surface area contributed by atoms with Crippen LogP contribution in [0.4, 0.5) is 0 Å². The number of hydrogen-bond acceptors (Lipinski definition) is 1. The Bertz CT molecular complexity index is 547. The van der Waals surface area contributed by atoms with Crippen molar-refractivity contribution in [1.29, 1.82) is 0 Å². The van der Waals surface area contributed by atoms with Gasteiger partial charge in [-0.25, -0.2) is 0 Å². The normalized spacial score (nSPS) is 12.3. The van der Waals surface area contributed by atoms with Crippen LogP contribution in [0.1, 0.15) is 37.6 Å². The Morgan fingerprint density at radius 2 is 1.88 bits per heavy atom. The van der Waals surface area contributed by atoms with E-state index in [0.29, 0.717) is 5.59 Å². The molecule has 2 radical (unpaired) electrons. The van der Waals surface area contributed by atoms with Gasteiger partial charge in [-0.05, 0) is 36.5 Å². The fourth-order valence-electron chi connectivity index (χ4n) is 2.27. The summed E-state index contributed by atoms with van der Waals surface area (Å²) < 4.78 is 0. The van der Waals surface area contributed by atoms with Crippen LogP contribution in [0.5, 0.6) is 0 Å². The lowest BCUT2D eigenvalue weighted by atomic mass is 9.86. The first kappa shape index (κ1) is 11.2. The van der Waals surface area contributed by atoms with Crippen LogP contribution in [0.25, 0.3) is 11.0 Å². The molecule has 2 heterocycles. The molecule has 0 amide bonds. The summed E-state index contributed by atoms with van der Waals surface area (Å²) in [6.45, 7) is 10.7. The van der Waals surface area contributed by atoms with E-state index < -0.39 is 0 Å². The quantitative estimate of drug-likeness (QED) is 0.666. The summed E-state index contributed by atoms with van der Waals surface area (Å²) >= 11 is 0. The van der Waals surface area contributed by atoms with Crippen molar-refractivity contribution in [3.8, 4) is 0 Å². The summed E-state index contributed by atoms with van der Waals surface area (Å²) in [5.74, 6) is 0. The van der Waals surface area contributed by atoms with E-state index in [0.717, 1.165) is 16.6 Å². The van der Waals surface area contributed by atoms with E-state index in [1.54, 1.807) is 0 Å². The Hall–Kier alpha value is -1.25. The van der Waals surface area contributed by atoms with E-state index >= 15 is 0 Å². The minimum absolute atomic E-state index is 0.0804. The maximum atomic E-state index is 5.88. The number of fused-ring (bicyclic) bond motifs is 1. The number of aryl methyl sites for hydroxylation is 2. The van der Waals surface area contributed by atoms with Gasteiger partial charge < -0.3 is 4.98 Å². The summed E-state index contributed by atoms with van der Waals surface area (Å²) in [7, 11) is 5.88. The van der Waals surface area contributed by atoms with Crippen LogP contribution < -0.4 is 5.59 Å². The third-order valence-corrected chi connectivity index (χ3v) is 2.94. The van der Waals surface area contributed by atoms with Crippen LogP contribution in [0, 0.1) is 13.8 Å². The number of aromatic nitrogens is 2. The first-order valence-electron chi connectivity index (χ1n) is 5.56. The highest BCUT2D eigenvalue weighted by Crippen LogP contribution is 2.31. The molecule has 0 atom stereocenters. The van der Waals surface area contributed by atoms with Gasteiger partial charge in [-0.3, -0.25) is 4.98 Å². The van der Waals surface area contributed by atoms with Crippen LogP contribution in [0.3, 0.4) is 0 Å². The monoisotopic (exact) mass is 212 g/mol. The molecule has 2 nitrogen and oxygen atoms in total. The van der Waals surface area contributed by atoms with Gasteiger partial charge in [0.2, 0.25) is 0 Å². The highest BCUT2D eigenvalue weighted by atomic mass is 14.8. The van der Waals surface area contributed by atoms with Crippen molar-refractivity contribution >= 4 is 24.5 Å². The first-order valence-corrected chi connectivity index (χ1v) is 5.56. The molecule has 1 N–H and O–H groups in total. The van der Waals surface area contributed by atoms with E-state index in [2.05, 4.69) is 43.7 Å². The van der Waals surface area contributed by atoms with Crippen LogP contribution in [0.2, 0.25) is 0 Å². The SMILES string of the molecule is [B]c1nc2c(C(C)(C)C)c(C)[nH]c2cc1C. The Morgan fingerprint density at radius 1 is 1.25 bits per heavy atom. The van der Waals surface area contributed by atoms with Gasteiger partial charge in [0.05, 0.1) is 11.0 Å². The molecule has 2 aromatic rings. The second-order valence-corrected chi connectivity index (χ2v) is 5.46. The zero-order chi connectivity index (χ0) is 12.1. The molecule has 0 saturated heterocycles. The lowest BCUT2D eigenvalue weighted by molar-refractivity contribution is 0.590. The van der Waals surface area contributed by atoms with Crippen molar-refractivity contribution in [2.45, 2.75) is 40.0 Å². The smallest absolute Gasteiger partial charge is 0.142 e. The fourth-order valence-corrected chi connectivity index (χ4v) is 2.27. The zero-order valence-corrected chi connectivity index (χ0v) is 10.6. The highest BCUT2D eigenvalue weighted by molar-refractivity contribution is 6.32. The van der Waals surface area contributed by atoms with Crippen LogP contribution in [-0.2, 0) is 5.41 Å². The van der Waals surface area contributed by atoms with Gasteiger partial charge >= 0.3 is 0 Å². The van der Waals surface area contributed by atoms with E-state index in [1.165, 1.54) is 11.3 Å². The lowest BCUT2D eigenvalue weighted by Crippen LogP contribution is -2.16. The number of rotatable bonds is 0. The molecule has 0 fully saturated rings. The van der Waals surface area contributed by atoms with E-state index in [9.17, 15) is 0 Å². The fraction of sp³-hybridized carbons (Fsp3) is 0.462. The lowest BCUT2D eigenvalue weighted by Gasteiger charge is -2.19. The van der Waals surface area contributed by atoms with Gasteiger partial charge in [-0.2, -0.15) is 0 Å². The molecule has 3 heteroatoms. The summed E-state index contributed by atoms with van der Waals surface area (Å²) in [4.78, 5) is 7.89. The molecule has 2 rings (SSSR count). The molecule has 0 saturated carbocycles. The molecule has 0 bridgehead atoms. The first-order chi connectivity index (χ1) is 7.30. The van der Waals surface area contributed by atoms with Crippen molar-refractivity contribution in [2.24, 2.45) is 0 Å². The van der Waals surface area contributed by atoms with Gasteiger partial charge in [0.25, 0.3) is 0 Å². The highest BCUT2D eigenvalue weighted by Gasteiger charge is 2.22. The van der Waals surface area contributed by atoms with Crippen molar-refractivity contribution in [3.05, 3.63) is 22.9 Å². The number of nitrogens with zero attached hydrogens (tertiary/aromatic N) is 1. The molecule has 0 spiro atoms. The number of pyridine rings is 1. The van der Waals surface area contributed by atoms with Gasteiger partial charge in [-0.1, -0.05) is 20.8 Å². The third-order valence-electron chi connectivity index (χ3n) is 2.94. The molecule has 0 unspecified atom stereocenters. The zero-order valence-electron chi connectivity index (χ0n) is 10.6. The molecular formula is C13H17BN2. The van der Waals surface area contributed by atoms with Gasteiger partial charge in [0, 0.05) is 11.3 Å². The summed E-state index contributed by atoms with van der Waals surface area (Å²) in [5, 5.41) is 0. The standard InChI is InChI=1S/C13H17BN2/c1-7-6-9-11(16-12(7)14)10(8(2)15-9)13(3,4)5/h6,15H,1-5H3. The van der Waals surface area contributed by atoms with Gasteiger partial charge in [0.1, 0.15) is 7.85 Å². The predicted octanol–water partition coefficient (Wildman–Crippen LogP) is 2.27. The van der Waals surface area contributed by atoms with Crippen LogP contribution >= 0.6 is 0 Å². The molecule has 0 aliphatic carbocycles. The predicted molar refractivity (Wildman–Crippen MR) is 69.7 cm³/mol. The van der Waals surface area contributed by atoms with E-state index in [4.69, 9.17) is 7.85 Å². The Morgan fingerprint density at radius 3 is 2.44 bits per heavy atom. The van der Waals surface area contributed by atoms with Crippen molar-refractivity contribution in [1.82, 2.24) is 9.97 Å². The van der Waals surface area contributed by atoms with E-state index in [1.807, 2.05) is 6.92 Å². The van der Waals surface area contributed by atoms with Gasteiger partial charge in [0.15, 0.2) is 0 Å². The molecule has 0 aliphatic heterocycles. The topological polar surface area (TPSA) is 28.7 Å². The number of H-pyrrole nitrogens is 1. The van der Waals surface area contributed by atoms with Gasteiger partial charge in [-0.15, -0.1) is 0 Å². The minimum atomic E-state index is 0.0804. The second kappa shape index (κ2) is 3.37. The molecule has 2 aromatic heterocycles. The molecule has 82 valence electrons. The Kier molecular flexibility index (Phi) is 2.37. The molecule has 0 aliphatic rings. The van der Waals surface area contributed by atoms with Crippen LogP contribution in [0.15, 0.2) is 6.07 Å². The number of hydrogen-bond donors (Lipinski definition) is 1. The van der Waals surface area contributed by atoms with Crippen LogP contribution in [-0.4, -0.2) is 17.8 Å². The summed E-state index contributed by atoms with van der Waals surface area (Å²) in [5.41, 5.74) is 6.25. The average molecular weight is 212 g/mol. The van der Waals surface area contributed by atoms with Crippen molar-refractivity contribution in [3.63, 3.8) is 0 Å². The number of nitrogens with one attached hydrogen (secondary N) is 1. The molecular weight excluding hydrogens is 195 g/mol. The Balaban J connectivity index is 2.84. The maximum absolute atomic E-state index is 5.88. The number of aromatic amines is 1.